The molecule has 1 heterocycles. The van der Waals surface area contributed by atoms with Crippen LogP contribution in [0.15, 0.2) is 6.33 Å². The maximum Gasteiger partial charge on any atom is 0.157 e. The molecule has 1 aromatic heterocycles. The van der Waals surface area contributed by atoms with Gasteiger partial charge >= 0.3 is 0 Å². The number of ether oxygens (including phenoxy) is 1. The van der Waals surface area contributed by atoms with E-state index in [1.54, 1.807) is 7.11 Å². The van der Waals surface area contributed by atoms with Crippen molar-refractivity contribution in [3.05, 3.63) is 11.5 Å². The van der Waals surface area contributed by atoms with Crippen LogP contribution in [0.5, 0.6) is 0 Å². The van der Waals surface area contributed by atoms with Gasteiger partial charge in [0.05, 0.1) is 12.1 Å². The van der Waals surface area contributed by atoms with E-state index in [4.69, 9.17) is 22.1 Å². The zero-order valence-corrected chi connectivity index (χ0v) is 9.80. The van der Waals surface area contributed by atoms with E-state index in [0.29, 0.717) is 18.1 Å². The summed E-state index contributed by atoms with van der Waals surface area (Å²) in [6.45, 7) is 4.49. The summed E-state index contributed by atoms with van der Waals surface area (Å²) in [5.74, 6) is 0.525. The normalized spacial score (nSPS) is 11.5. The summed E-state index contributed by atoms with van der Waals surface area (Å²) >= 11 is 5.77. The van der Waals surface area contributed by atoms with Crippen molar-refractivity contribution in [3.8, 4) is 0 Å². The second-order valence-corrected chi connectivity index (χ2v) is 4.23. The van der Waals surface area contributed by atoms with Crippen molar-refractivity contribution in [2.24, 2.45) is 0 Å². The molecule has 0 aliphatic heterocycles. The predicted octanol–water partition coefficient (Wildman–Crippen LogP) is 1.55. The van der Waals surface area contributed by atoms with Crippen molar-refractivity contribution in [1.82, 2.24) is 9.97 Å². The molecule has 0 saturated heterocycles. The van der Waals surface area contributed by atoms with Gasteiger partial charge in [-0.2, -0.15) is 0 Å². The van der Waals surface area contributed by atoms with Gasteiger partial charge in [-0.1, -0.05) is 11.6 Å². The van der Waals surface area contributed by atoms with Gasteiger partial charge in [-0.25, -0.2) is 9.97 Å². The number of nitrogens with one attached hydrogen (secondary N) is 1. The Morgan fingerprint density at radius 3 is 2.80 bits per heavy atom. The number of nitrogens with two attached hydrogens (primary N) is 1. The molecule has 6 heteroatoms. The maximum absolute atomic E-state index is 5.77. The fraction of sp³-hybridized carbons (Fsp3) is 0.556. The van der Waals surface area contributed by atoms with Crippen LogP contribution in [0.2, 0.25) is 5.15 Å². The lowest BCUT2D eigenvalue weighted by Crippen LogP contribution is -2.36. The van der Waals surface area contributed by atoms with E-state index >= 15 is 0 Å². The van der Waals surface area contributed by atoms with Gasteiger partial charge < -0.3 is 15.8 Å². The molecule has 0 unspecified atom stereocenters. The largest absolute Gasteiger partial charge is 0.393 e. The number of anilines is 2. The SMILES string of the molecule is COCC(C)(C)Nc1ncnc(Cl)c1N. The second-order valence-electron chi connectivity index (χ2n) is 3.87. The zero-order chi connectivity index (χ0) is 11.5. The Labute approximate surface area is 94.0 Å². The fourth-order valence-corrected chi connectivity index (χ4v) is 1.32. The highest BCUT2D eigenvalue weighted by molar-refractivity contribution is 6.32. The summed E-state index contributed by atoms with van der Waals surface area (Å²) in [7, 11) is 1.64. The van der Waals surface area contributed by atoms with Gasteiger partial charge in [-0.3, -0.25) is 0 Å². The molecule has 0 spiro atoms. The maximum atomic E-state index is 5.77. The van der Waals surface area contributed by atoms with Gasteiger partial charge in [0.15, 0.2) is 11.0 Å². The summed E-state index contributed by atoms with van der Waals surface area (Å²) in [6.07, 6.45) is 1.36. The van der Waals surface area contributed by atoms with Crippen LogP contribution in [0.25, 0.3) is 0 Å². The lowest BCUT2D eigenvalue weighted by Gasteiger charge is -2.26. The molecule has 0 fully saturated rings. The van der Waals surface area contributed by atoms with E-state index < -0.39 is 0 Å². The van der Waals surface area contributed by atoms with Crippen LogP contribution >= 0.6 is 11.6 Å². The smallest absolute Gasteiger partial charge is 0.157 e. The molecule has 1 rings (SSSR count). The molecule has 0 bridgehead atoms. The summed E-state index contributed by atoms with van der Waals surface area (Å²) in [5.41, 5.74) is 5.81. The Morgan fingerprint density at radius 2 is 2.20 bits per heavy atom. The molecular formula is C9H15ClN4O. The van der Waals surface area contributed by atoms with Crippen molar-refractivity contribution in [1.29, 1.82) is 0 Å². The Morgan fingerprint density at radius 1 is 1.53 bits per heavy atom. The molecule has 0 atom stereocenters. The predicted molar refractivity (Wildman–Crippen MR) is 61.0 cm³/mol. The highest BCUT2D eigenvalue weighted by Crippen LogP contribution is 2.24. The quantitative estimate of drug-likeness (QED) is 0.768. The molecule has 0 aliphatic rings. The fourth-order valence-electron chi connectivity index (χ4n) is 1.19. The number of methoxy groups -OCH3 is 1. The number of hydrogen-bond donors (Lipinski definition) is 2. The van der Waals surface area contributed by atoms with Gasteiger partial charge in [0.2, 0.25) is 0 Å². The topological polar surface area (TPSA) is 73.1 Å². The molecular weight excluding hydrogens is 216 g/mol. The van der Waals surface area contributed by atoms with Gasteiger partial charge in [-0.15, -0.1) is 0 Å². The minimum atomic E-state index is -0.263. The van der Waals surface area contributed by atoms with Crippen LogP contribution in [0.3, 0.4) is 0 Å². The number of hydrogen-bond acceptors (Lipinski definition) is 5. The first-order chi connectivity index (χ1) is 6.96. The van der Waals surface area contributed by atoms with Crippen molar-refractivity contribution >= 4 is 23.1 Å². The molecule has 0 saturated carbocycles. The molecule has 0 amide bonds. The van der Waals surface area contributed by atoms with Crippen LogP contribution < -0.4 is 11.1 Å². The molecule has 0 aromatic carbocycles. The van der Waals surface area contributed by atoms with E-state index in [1.807, 2.05) is 13.8 Å². The van der Waals surface area contributed by atoms with Crippen molar-refractivity contribution < 1.29 is 4.74 Å². The highest BCUT2D eigenvalue weighted by atomic mass is 35.5. The number of halogens is 1. The average molecular weight is 231 g/mol. The summed E-state index contributed by atoms with van der Waals surface area (Å²) in [4.78, 5) is 7.79. The lowest BCUT2D eigenvalue weighted by atomic mass is 10.1. The van der Waals surface area contributed by atoms with Crippen LogP contribution in [0, 0.1) is 0 Å². The molecule has 5 nitrogen and oxygen atoms in total. The number of nitrogen functional groups attached to an aromatic ring is 1. The molecule has 0 radical (unpaired) electrons. The van der Waals surface area contributed by atoms with Crippen LogP contribution in [0.4, 0.5) is 11.5 Å². The third kappa shape index (κ3) is 3.21. The Balaban J connectivity index is 2.85. The average Bonchev–Trinajstić information content (AvgIpc) is 2.12. The zero-order valence-electron chi connectivity index (χ0n) is 9.04. The number of aromatic nitrogens is 2. The van der Waals surface area contributed by atoms with E-state index in [9.17, 15) is 0 Å². The first-order valence-corrected chi connectivity index (χ1v) is 4.87. The minimum Gasteiger partial charge on any atom is -0.393 e. The highest BCUT2D eigenvalue weighted by Gasteiger charge is 2.19. The minimum absolute atomic E-state index is 0.251. The van der Waals surface area contributed by atoms with Crippen molar-refractivity contribution in [3.63, 3.8) is 0 Å². The van der Waals surface area contributed by atoms with E-state index in [2.05, 4.69) is 15.3 Å². The van der Waals surface area contributed by atoms with E-state index in [1.165, 1.54) is 6.33 Å². The lowest BCUT2D eigenvalue weighted by molar-refractivity contribution is 0.158. The van der Waals surface area contributed by atoms with Crippen molar-refractivity contribution in [2.75, 3.05) is 24.8 Å². The molecule has 0 aliphatic carbocycles. The third-order valence-corrected chi connectivity index (χ3v) is 2.10. The van der Waals surface area contributed by atoms with E-state index in [-0.39, 0.29) is 10.7 Å². The van der Waals surface area contributed by atoms with Crippen LogP contribution in [-0.2, 0) is 4.74 Å². The van der Waals surface area contributed by atoms with Crippen molar-refractivity contribution in [2.45, 2.75) is 19.4 Å². The van der Waals surface area contributed by atoms with Gasteiger partial charge in [0.25, 0.3) is 0 Å². The Kier molecular flexibility index (Phi) is 3.71. The van der Waals surface area contributed by atoms with Gasteiger partial charge in [-0.05, 0) is 13.8 Å². The van der Waals surface area contributed by atoms with E-state index in [0.717, 1.165) is 0 Å². The first kappa shape index (κ1) is 12.0. The first-order valence-electron chi connectivity index (χ1n) is 4.49. The number of rotatable bonds is 4. The Bertz CT molecular complexity index is 343. The van der Waals surface area contributed by atoms with Crippen LogP contribution in [0.1, 0.15) is 13.8 Å². The standard InChI is InChI=1S/C9H15ClN4O/c1-9(2,4-15-3)14-8-6(11)7(10)12-5-13-8/h5H,4,11H2,1-3H3,(H,12,13,14). The molecule has 15 heavy (non-hydrogen) atoms. The number of nitrogens with zero attached hydrogens (tertiary/aromatic N) is 2. The summed E-state index contributed by atoms with van der Waals surface area (Å²) < 4.78 is 5.07. The molecule has 1 aromatic rings. The summed E-state index contributed by atoms with van der Waals surface area (Å²) in [6, 6.07) is 0. The molecule has 84 valence electrons. The summed E-state index contributed by atoms with van der Waals surface area (Å²) in [5, 5.41) is 3.39. The monoisotopic (exact) mass is 230 g/mol. The van der Waals surface area contributed by atoms with Gasteiger partial charge in [0.1, 0.15) is 12.0 Å². The van der Waals surface area contributed by atoms with Crippen LogP contribution in [-0.4, -0.2) is 29.2 Å². The second kappa shape index (κ2) is 4.63. The third-order valence-electron chi connectivity index (χ3n) is 1.80. The van der Waals surface area contributed by atoms with Gasteiger partial charge in [0, 0.05) is 7.11 Å². The molecule has 3 N–H and O–H groups in total. The Hall–Kier alpha value is -1.07.